The molecule has 82 valence electrons. The van der Waals surface area contributed by atoms with E-state index < -0.39 is 9.84 Å². The molecule has 2 aromatic heterocycles. The minimum absolute atomic E-state index is 0.0144. The van der Waals surface area contributed by atoms with Crippen LogP contribution in [0.2, 0.25) is 0 Å². The molecule has 0 fully saturated rings. The number of sulfone groups is 1. The molecule has 0 aromatic carbocycles. The lowest BCUT2D eigenvalue weighted by atomic mass is 10.3. The van der Waals surface area contributed by atoms with Gasteiger partial charge in [0.1, 0.15) is 0 Å². The van der Waals surface area contributed by atoms with E-state index in [-0.39, 0.29) is 5.75 Å². The van der Waals surface area contributed by atoms with Gasteiger partial charge in [0.25, 0.3) is 0 Å². The molecule has 0 bridgehead atoms. The van der Waals surface area contributed by atoms with E-state index >= 15 is 0 Å². The van der Waals surface area contributed by atoms with Gasteiger partial charge < -0.3 is 0 Å². The van der Waals surface area contributed by atoms with Crippen LogP contribution in [0.4, 0.5) is 0 Å². The molecular formula is C11H10N2O2S. The van der Waals surface area contributed by atoms with Gasteiger partial charge in [0.05, 0.1) is 10.6 Å². The topological polar surface area (TPSA) is 59.9 Å². The molecule has 2 aromatic rings. The summed E-state index contributed by atoms with van der Waals surface area (Å²) in [6.45, 7) is 0. The molecule has 0 atom stereocenters. The third-order valence-electron chi connectivity index (χ3n) is 2.11. The van der Waals surface area contributed by atoms with Gasteiger partial charge in [-0.1, -0.05) is 0 Å². The lowest BCUT2D eigenvalue weighted by molar-refractivity contribution is 0.595. The highest BCUT2D eigenvalue weighted by Crippen LogP contribution is 2.14. The van der Waals surface area contributed by atoms with Crippen molar-refractivity contribution in [3.05, 3.63) is 54.6 Å². The zero-order chi connectivity index (χ0) is 11.4. The van der Waals surface area contributed by atoms with Crippen LogP contribution in [-0.2, 0) is 15.6 Å². The number of pyridine rings is 2. The smallest absolute Gasteiger partial charge is 0.182 e. The first-order valence-electron chi connectivity index (χ1n) is 4.70. The van der Waals surface area contributed by atoms with E-state index in [2.05, 4.69) is 9.97 Å². The number of aromatic nitrogens is 2. The Labute approximate surface area is 93.9 Å². The van der Waals surface area contributed by atoms with E-state index in [4.69, 9.17) is 0 Å². The van der Waals surface area contributed by atoms with E-state index in [1.54, 1.807) is 24.5 Å². The van der Waals surface area contributed by atoms with Crippen molar-refractivity contribution in [1.29, 1.82) is 0 Å². The van der Waals surface area contributed by atoms with Crippen LogP contribution in [0.5, 0.6) is 0 Å². The fourth-order valence-electron chi connectivity index (χ4n) is 1.33. The van der Waals surface area contributed by atoms with Gasteiger partial charge in [-0.3, -0.25) is 9.97 Å². The minimum Gasteiger partial charge on any atom is -0.265 e. The van der Waals surface area contributed by atoms with E-state index in [0.29, 0.717) is 4.90 Å². The predicted molar refractivity (Wildman–Crippen MR) is 59.4 cm³/mol. The molecule has 0 aliphatic heterocycles. The van der Waals surface area contributed by atoms with Crippen molar-refractivity contribution in [3.8, 4) is 0 Å². The van der Waals surface area contributed by atoms with Gasteiger partial charge in [-0.05, 0) is 29.8 Å². The Morgan fingerprint density at radius 2 is 1.38 bits per heavy atom. The predicted octanol–water partition coefficient (Wildman–Crippen LogP) is 1.45. The van der Waals surface area contributed by atoms with Crippen LogP contribution in [0, 0.1) is 0 Å². The van der Waals surface area contributed by atoms with Crippen LogP contribution in [0.25, 0.3) is 0 Å². The number of nitrogens with zero attached hydrogens (tertiary/aromatic N) is 2. The fraction of sp³-hybridized carbons (Fsp3) is 0.0909. The van der Waals surface area contributed by atoms with Gasteiger partial charge in [-0.2, -0.15) is 0 Å². The third-order valence-corrected chi connectivity index (χ3v) is 3.82. The Morgan fingerprint density at radius 3 is 1.94 bits per heavy atom. The minimum atomic E-state index is -3.28. The first-order valence-corrected chi connectivity index (χ1v) is 6.35. The maximum Gasteiger partial charge on any atom is 0.182 e. The van der Waals surface area contributed by atoms with Gasteiger partial charge in [0.15, 0.2) is 9.84 Å². The summed E-state index contributed by atoms with van der Waals surface area (Å²) >= 11 is 0. The average Bonchev–Trinajstić information content (AvgIpc) is 2.31. The second kappa shape index (κ2) is 4.40. The number of hydrogen-bond acceptors (Lipinski definition) is 4. The van der Waals surface area contributed by atoms with Gasteiger partial charge in [0.2, 0.25) is 0 Å². The van der Waals surface area contributed by atoms with Crippen LogP contribution in [0.3, 0.4) is 0 Å². The van der Waals surface area contributed by atoms with Crippen LogP contribution in [0.15, 0.2) is 53.9 Å². The quantitative estimate of drug-likeness (QED) is 0.806. The first-order chi connectivity index (χ1) is 7.68. The Balaban J connectivity index is 2.29. The summed E-state index contributed by atoms with van der Waals surface area (Å²) in [7, 11) is -3.28. The SMILES string of the molecule is O=S(=O)(Cc1ccncc1)c1ccncc1. The van der Waals surface area contributed by atoms with Crippen LogP contribution in [0.1, 0.15) is 5.56 Å². The number of rotatable bonds is 3. The zero-order valence-electron chi connectivity index (χ0n) is 8.45. The van der Waals surface area contributed by atoms with Gasteiger partial charge in [-0.25, -0.2) is 8.42 Å². The van der Waals surface area contributed by atoms with Crippen molar-refractivity contribution >= 4 is 9.84 Å². The molecule has 2 heterocycles. The van der Waals surface area contributed by atoms with E-state index in [1.807, 2.05) is 0 Å². The zero-order valence-corrected chi connectivity index (χ0v) is 9.26. The van der Waals surface area contributed by atoms with Crippen LogP contribution in [-0.4, -0.2) is 18.4 Å². The van der Waals surface area contributed by atoms with Crippen molar-refractivity contribution in [2.24, 2.45) is 0 Å². The van der Waals surface area contributed by atoms with Crippen molar-refractivity contribution in [1.82, 2.24) is 9.97 Å². The molecule has 0 aliphatic carbocycles. The van der Waals surface area contributed by atoms with Gasteiger partial charge in [0, 0.05) is 24.8 Å². The average molecular weight is 234 g/mol. The fourth-order valence-corrected chi connectivity index (χ4v) is 2.66. The maximum absolute atomic E-state index is 12.0. The van der Waals surface area contributed by atoms with Crippen LogP contribution >= 0.6 is 0 Å². The Bertz CT molecular complexity index is 553. The molecule has 16 heavy (non-hydrogen) atoms. The summed E-state index contributed by atoms with van der Waals surface area (Å²) in [6.07, 6.45) is 6.10. The van der Waals surface area contributed by atoms with Crippen LogP contribution < -0.4 is 0 Å². The summed E-state index contributed by atoms with van der Waals surface area (Å²) in [6, 6.07) is 6.38. The van der Waals surface area contributed by atoms with E-state index in [1.165, 1.54) is 24.5 Å². The molecule has 0 saturated heterocycles. The lowest BCUT2D eigenvalue weighted by Crippen LogP contribution is -2.04. The van der Waals surface area contributed by atoms with E-state index in [9.17, 15) is 8.42 Å². The van der Waals surface area contributed by atoms with Crippen molar-refractivity contribution in [2.45, 2.75) is 10.6 Å². The monoisotopic (exact) mass is 234 g/mol. The molecule has 0 spiro atoms. The highest BCUT2D eigenvalue weighted by Gasteiger charge is 2.14. The Kier molecular flexibility index (Phi) is 2.96. The standard InChI is InChI=1S/C11H10N2O2S/c14-16(15,11-3-7-13-8-4-11)9-10-1-5-12-6-2-10/h1-8H,9H2. The van der Waals surface area contributed by atoms with Crippen molar-refractivity contribution in [2.75, 3.05) is 0 Å². The van der Waals surface area contributed by atoms with Crippen molar-refractivity contribution in [3.63, 3.8) is 0 Å². The third kappa shape index (κ3) is 2.43. The highest BCUT2D eigenvalue weighted by molar-refractivity contribution is 7.90. The van der Waals surface area contributed by atoms with Gasteiger partial charge >= 0.3 is 0 Å². The second-order valence-corrected chi connectivity index (χ2v) is 5.29. The molecule has 0 saturated carbocycles. The molecule has 5 heteroatoms. The van der Waals surface area contributed by atoms with E-state index in [0.717, 1.165) is 5.56 Å². The number of hydrogen-bond donors (Lipinski definition) is 0. The first kappa shape index (κ1) is 10.8. The highest BCUT2D eigenvalue weighted by atomic mass is 32.2. The molecule has 0 N–H and O–H groups in total. The molecule has 0 unspecified atom stereocenters. The molecule has 0 aliphatic rings. The summed E-state index contributed by atoms with van der Waals surface area (Å²) in [5, 5.41) is 0. The molecule has 0 radical (unpaired) electrons. The van der Waals surface area contributed by atoms with Crippen molar-refractivity contribution < 1.29 is 8.42 Å². The lowest BCUT2D eigenvalue weighted by Gasteiger charge is -2.03. The maximum atomic E-state index is 12.0. The molecule has 4 nitrogen and oxygen atoms in total. The largest absolute Gasteiger partial charge is 0.265 e. The Hall–Kier alpha value is -1.75. The Morgan fingerprint density at radius 1 is 0.875 bits per heavy atom. The summed E-state index contributed by atoms with van der Waals surface area (Å²) in [4.78, 5) is 7.93. The summed E-state index contributed by atoms with van der Waals surface area (Å²) in [5.74, 6) is -0.0144. The normalized spacial score (nSPS) is 11.2. The summed E-state index contributed by atoms with van der Waals surface area (Å²) in [5.41, 5.74) is 0.729. The molecule has 0 amide bonds. The second-order valence-electron chi connectivity index (χ2n) is 3.30. The molecule has 2 rings (SSSR count). The summed E-state index contributed by atoms with van der Waals surface area (Å²) < 4.78 is 23.9. The molecular weight excluding hydrogens is 224 g/mol. The van der Waals surface area contributed by atoms with Gasteiger partial charge in [-0.15, -0.1) is 0 Å².